The Morgan fingerprint density at radius 2 is 0.628 bits per heavy atom. The van der Waals surface area contributed by atoms with Gasteiger partial charge in [0.2, 0.25) is 0 Å². The third kappa shape index (κ3) is 69.5. The fourth-order valence-electron chi connectivity index (χ4n) is 9.66. The predicted octanol–water partition coefficient (Wildman–Crippen LogP) is 23.0. The molecule has 0 amide bonds. The Hall–Kier alpha value is -3.59. The Kier molecular flexibility index (Phi) is 63.1. The zero-order chi connectivity index (χ0) is 62.6. The van der Waals surface area contributed by atoms with Crippen LogP contribution >= 0.6 is 7.82 Å². The molecule has 0 saturated carbocycles. The molecule has 0 aromatic heterocycles. The van der Waals surface area contributed by atoms with Crippen molar-refractivity contribution in [2.24, 2.45) is 0 Å². The molecule has 0 bridgehead atoms. The van der Waals surface area contributed by atoms with Gasteiger partial charge >= 0.3 is 19.8 Å². The van der Waals surface area contributed by atoms with Gasteiger partial charge < -0.3 is 18.9 Å². The van der Waals surface area contributed by atoms with Gasteiger partial charge in [0, 0.05) is 12.8 Å². The van der Waals surface area contributed by atoms with Gasteiger partial charge in [-0.05, 0) is 103 Å². The number of phosphoric acid groups is 1. The summed E-state index contributed by atoms with van der Waals surface area (Å²) < 4.78 is 34.7. The van der Waals surface area contributed by atoms with Crippen LogP contribution < -0.4 is 0 Å². The lowest BCUT2D eigenvalue weighted by Crippen LogP contribution is -2.37. The van der Waals surface area contributed by atoms with Crippen LogP contribution in [-0.4, -0.2) is 74.9 Å². The summed E-state index contributed by atoms with van der Waals surface area (Å²) in [5.41, 5.74) is 0. The van der Waals surface area contributed by atoms with Gasteiger partial charge in [0.15, 0.2) is 6.10 Å². The molecule has 9 nitrogen and oxygen atoms in total. The standard InChI is InChI=1S/C76H132NO8P/c1-6-8-10-12-14-16-18-20-22-24-26-28-30-32-34-35-36-37-38-39-40-41-43-44-46-48-50-52-54-56-58-60-62-64-66-68-75(78)82-72-74(73-84-86(80,81)83-71-70-77(3,4)5)85-76(79)69-67-65-63-61-59-57-55-53-51-49-47-45-42-33-31-29-27-25-23-21-19-17-15-13-11-9-7-2/h8-11,14-17,20-23,26-29,33,42,47,49,74H,6-7,12-13,18-19,24-25,30-32,34-41,43-46,48,50-73H2,1-5H3/p+1/b10-8-,11-9-,16-14-,17-15-,22-20-,23-21-,28-26-,29-27-,42-33-,49-47-. The highest BCUT2D eigenvalue weighted by Gasteiger charge is 2.27. The molecule has 86 heavy (non-hydrogen) atoms. The molecule has 494 valence electrons. The van der Waals surface area contributed by atoms with Crippen LogP contribution in [0.5, 0.6) is 0 Å². The van der Waals surface area contributed by atoms with Crippen molar-refractivity contribution in [3.63, 3.8) is 0 Å². The number of quaternary nitrogens is 1. The fourth-order valence-corrected chi connectivity index (χ4v) is 10.4. The Labute approximate surface area is 530 Å². The number of esters is 2. The monoisotopic (exact) mass is 1220 g/mol. The molecule has 2 atom stereocenters. The van der Waals surface area contributed by atoms with Crippen molar-refractivity contribution in [3.8, 4) is 0 Å². The number of rotatable bonds is 64. The molecule has 0 aromatic rings. The first-order valence-electron chi connectivity index (χ1n) is 35.3. The SMILES string of the molecule is CC/C=C\C/C=C\C/C=C\C/C=C\C/C=C\C/C=C\CCCCCCCCCCC(=O)OC(COC(=O)CCCCCCCCCCCCCCCCCCCCCCCC/C=C\C/C=C\C/C=C\C/C=C\CC)COP(=O)(O)OCC[N+](C)(C)C. The van der Waals surface area contributed by atoms with Gasteiger partial charge in [-0.25, -0.2) is 4.57 Å². The van der Waals surface area contributed by atoms with Crippen molar-refractivity contribution < 1.29 is 42.1 Å². The molecule has 0 aliphatic heterocycles. The molecule has 0 aliphatic rings. The molecule has 0 aliphatic carbocycles. The summed E-state index contributed by atoms with van der Waals surface area (Å²) in [6.07, 6.45) is 94.5. The molecule has 10 heteroatoms. The molecule has 0 fully saturated rings. The first-order valence-corrected chi connectivity index (χ1v) is 36.8. The largest absolute Gasteiger partial charge is 0.472 e. The lowest BCUT2D eigenvalue weighted by molar-refractivity contribution is -0.870. The van der Waals surface area contributed by atoms with Crippen LogP contribution in [0, 0.1) is 0 Å². The van der Waals surface area contributed by atoms with Crippen molar-refractivity contribution in [1.82, 2.24) is 0 Å². The summed E-state index contributed by atoms with van der Waals surface area (Å²) >= 11 is 0. The van der Waals surface area contributed by atoms with E-state index in [1.165, 1.54) is 154 Å². The third-order valence-corrected chi connectivity index (χ3v) is 16.0. The lowest BCUT2D eigenvalue weighted by Gasteiger charge is -2.24. The number of carbonyl (C=O) groups excluding carboxylic acids is 2. The van der Waals surface area contributed by atoms with E-state index in [2.05, 4.69) is 135 Å². The molecular formula is C76H133NO8P+. The van der Waals surface area contributed by atoms with Crippen LogP contribution in [0.2, 0.25) is 0 Å². The number of hydrogen-bond donors (Lipinski definition) is 1. The molecule has 0 aromatic carbocycles. The topological polar surface area (TPSA) is 108 Å². The summed E-state index contributed by atoms with van der Waals surface area (Å²) in [6, 6.07) is 0. The van der Waals surface area contributed by atoms with Crippen molar-refractivity contribution in [2.75, 3.05) is 47.5 Å². The lowest BCUT2D eigenvalue weighted by atomic mass is 10.0. The van der Waals surface area contributed by atoms with E-state index in [-0.39, 0.29) is 32.0 Å². The quantitative estimate of drug-likeness (QED) is 0.0211. The predicted molar refractivity (Wildman–Crippen MR) is 371 cm³/mol. The zero-order valence-electron chi connectivity index (χ0n) is 56.3. The van der Waals surface area contributed by atoms with Crippen molar-refractivity contribution in [1.29, 1.82) is 0 Å². The number of phosphoric ester groups is 1. The highest BCUT2D eigenvalue weighted by molar-refractivity contribution is 7.47. The summed E-state index contributed by atoms with van der Waals surface area (Å²) in [5, 5.41) is 0. The van der Waals surface area contributed by atoms with Gasteiger partial charge in [-0.1, -0.05) is 302 Å². The van der Waals surface area contributed by atoms with Crippen molar-refractivity contribution in [2.45, 2.75) is 302 Å². The molecular weight excluding hydrogens is 1090 g/mol. The number of ether oxygens (including phenoxy) is 2. The van der Waals surface area contributed by atoms with E-state index in [1.807, 2.05) is 21.1 Å². The number of nitrogens with zero attached hydrogens (tertiary/aromatic N) is 1. The number of hydrogen-bond acceptors (Lipinski definition) is 7. The van der Waals surface area contributed by atoms with E-state index in [4.69, 9.17) is 18.5 Å². The molecule has 0 heterocycles. The Morgan fingerprint density at radius 3 is 0.930 bits per heavy atom. The van der Waals surface area contributed by atoms with E-state index in [1.54, 1.807) is 0 Å². The molecule has 2 unspecified atom stereocenters. The second kappa shape index (κ2) is 65.8. The molecule has 0 spiro atoms. The minimum absolute atomic E-state index is 0.0259. The molecule has 0 saturated heterocycles. The van der Waals surface area contributed by atoms with E-state index in [0.717, 1.165) is 109 Å². The second-order valence-corrected chi connectivity index (χ2v) is 26.0. The first-order chi connectivity index (χ1) is 42.0. The normalized spacial score (nSPS) is 13.9. The molecule has 0 radical (unpaired) electrons. The summed E-state index contributed by atoms with van der Waals surface area (Å²) in [4.78, 5) is 35.9. The van der Waals surface area contributed by atoms with E-state index >= 15 is 0 Å². The third-order valence-electron chi connectivity index (χ3n) is 15.0. The van der Waals surface area contributed by atoms with Gasteiger partial charge in [0.1, 0.15) is 19.8 Å². The smallest absolute Gasteiger partial charge is 0.462 e. The summed E-state index contributed by atoms with van der Waals surface area (Å²) in [7, 11) is 1.47. The Morgan fingerprint density at radius 1 is 0.360 bits per heavy atom. The van der Waals surface area contributed by atoms with Gasteiger partial charge in [0.25, 0.3) is 0 Å². The van der Waals surface area contributed by atoms with Crippen LogP contribution in [0.4, 0.5) is 0 Å². The van der Waals surface area contributed by atoms with Crippen molar-refractivity contribution in [3.05, 3.63) is 122 Å². The maximum atomic E-state index is 12.9. The fraction of sp³-hybridized carbons (Fsp3) is 0.711. The van der Waals surface area contributed by atoms with E-state index in [0.29, 0.717) is 17.4 Å². The minimum atomic E-state index is -4.40. The molecule has 1 N–H and O–H groups in total. The van der Waals surface area contributed by atoms with Gasteiger partial charge in [-0.2, -0.15) is 0 Å². The van der Waals surface area contributed by atoms with Crippen LogP contribution in [0.1, 0.15) is 296 Å². The van der Waals surface area contributed by atoms with Crippen LogP contribution in [-0.2, 0) is 32.7 Å². The zero-order valence-corrected chi connectivity index (χ0v) is 57.2. The maximum Gasteiger partial charge on any atom is 0.472 e. The number of allylic oxidation sites excluding steroid dienone is 20. The Bertz CT molecular complexity index is 1870. The van der Waals surface area contributed by atoms with Crippen LogP contribution in [0.25, 0.3) is 0 Å². The first kappa shape index (κ1) is 82.4. The van der Waals surface area contributed by atoms with Gasteiger partial charge in [0.05, 0.1) is 27.7 Å². The minimum Gasteiger partial charge on any atom is -0.462 e. The van der Waals surface area contributed by atoms with Crippen LogP contribution in [0.15, 0.2) is 122 Å². The van der Waals surface area contributed by atoms with E-state index in [9.17, 15) is 19.0 Å². The maximum absolute atomic E-state index is 12.9. The molecule has 0 rings (SSSR count). The van der Waals surface area contributed by atoms with Gasteiger partial charge in [-0.3, -0.25) is 18.6 Å². The Balaban J connectivity index is 4.03. The highest BCUT2D eigenvalue weighted by atomic mass is 31.2. The average molecular weight is 1220 g/mol. The number of unbranched alkanes of at least 4 members (excludes halogenated alkanes) is 30. The average Bonchev–Trinajstić information content (AvgIpc) is 3.53. The van der Waals surface area contributed by atoms with Crippen molar-refractivity contribution >= 4 is 19.8 Å². The number of carbonyl (C=O) groups is 2. The van der Waals surface area contributed by atoms with E-state index < -0.39 is 26.5 Å². The highest BCUT2D eigenvalue weighted by Crippen LogP contribution is 2.43. The summed E-state index contributed by atoms with van der Waals surface area (Å²) in [6.45, 7) is 4.22. The van der Waals surface area contributed by atoms with Crippen LogP contribution in [0.3, 0.4) is 0 Å². The summed E-state index contributed by atoms with van der Waals surface area (Å²) in [5.74, 6) is -0.802. The second-order valence-electron chi connectivity index (χ2n) is 24.5. The number of likely N-dealkylation sites (N-methyl/N-ethyl adjacent to an activating group) is 1. The van der Waals surface area contributed by atoms with Gasteiger partial charge in [-0.15, -0.1) is 0 Å².